The van der Waals surface area contributed by atoms with Crippen molar-refractivity contribution in [2.24, 2.45) is 10.9 Å². The van der Waals surface area contributed by atoms with Crippen molar-refractivity contribution in [1.82, 2.24) is 14.8 Å². The first-order valence-corrected chi connectivity index (χ1v) is 6.97. The molecule has 0 bridgehead atoms. The zero-order chi connectivity index (χ0) is 15.4. The van der Waals surface area contributed by atoms with Crippen molar-refractivity contribution < 1.29 is 10.0 Å². The smallest absolute Gasteiger partial charge is 0.272 e. The van der Waals surface area contributed by atoms with Crippen LogP contribution in [0.3, 0.4) is 0 Å². The molecule has 1 aliphatic rings. The summed E-state index contributed by atoms with van der Waals surface area (Å²) in [5.74, 6) is 0.152. The molecular weight excluding hydrogens is 270 g/mol. The van der Waals surface area contributed by atoms with E-state index in [0.717, 1.165) is 5.56 Å². The van der Waals surface area contributed by atoms with E-state index in [0.29, 0.717) is 31.9 Å². The molecule has 1 aromatic rings. The zero-order valence-electron chi connectivity index (χ0n) is 12.4. The van der Waals surface area contributed by atoms with Gasteiger partial charge >= 0.3 is 0 Å². The molecule has 2 heterocycles. The maximum Gasteiger partial charge on any atom is 0.272 e. The van der Waals surface area contributed by atoms with E-state index >= 15 is 0 Å². The van der Waals surface area contributed by atoms with Crippen molar-refractivity contribution in [2.45, 2.75) is 19.9 Å². The molecule has 1 aromatic heterocycles. The number of aryl methyl sites for hydroxylation is 1. The van der Waals surface area contributed by atoms with Gasteiger partial charge in [0.05, 0.1) is 6.04 Å². The van der Waals surface area contributed by atoms with E-state index in [1.54, 1.807) is 11.1 Å². The summed E-state index contributed by atoms with van der Waals surface area (Å²) in [6.07, 6.45) is 1.64. The Kier molecular flexibility index (Phi) is 4.74. The molecule has 7 heteroatoms. The summed E-state index contributed by atoms with van der Waals surface area (Å²) in [4.78, 5) is 20.5. The van der Waals surface area contributed by atoms with Crippen molar-refractivity contribution in [2.75, 3.05) is 26.2 Å². The lowest BCUT2D eigenvalue weighted by Crippen LogP contribution is -2.54. The number of carbonyl (C=O) groups excluding carboxylic acids is 1. The quantitative estimate of drug-likeness (QED) is 0.361. The van der Waals surface area contributed by atoms with Crippen molar-refractivity contribution in [3.8, 4) is 0 Å². The molecule has 0 radical (unpaired) electrons. The molecule has 0 saturated carbocycles. The van der Waals surface area contributed by atoms with E-state index in [2.05, 4.69) is 15.0 Å². The highest BCUT2D eigenvalue weighted by Gasteiger charge is 2.27. The summed E-state index contributed by atoms with van der Waals surface area (Å²) in [7, 11) is 0. The highest BCUT2D eigenvalue weighted by Crippen LogP contribution is 2.12. The Hall–Kier alpha value is -2.15. The second-order valence-electron chi connectivity index (χ2n) is 5.20. The molecule has 0 spiro atoms. The number of piperazine rings is 1. The van der Waals surface area contributed by atoms with Gasteiger partial charge in [-0.2, -0.15) is 0 Å². The second kappa shape index (κ2) is 6.53. The fourth-order valence-electron chi connectivity index (χ4n) is 2.44. The van der Waals surface area contributed by atoms with Crippen LogP contribution >= 0.6 is 0 Å². The first kappa shape index (κ1) is 15.2. The molecule has 7 nitrogen and oxygen atoms in total. The van der Waals surface area contributed by atoms with E-state index < -0.39 is 0 Å². The SMILES string of the molecule is Cc1cccnc1C(=O)N1CCN(C(C)C(N)=NO)CC1. The Morgan fingerprint density at radius 2 is 2.10 bits per heavy atom. The van der Waals surface area contributed by atoms with E-state index in [9.17, 15) is 4.79 Å². The summed E-state index contributed by atoms with van der Waals surface area (Å²) in [5, 5.41) is 11.8. The molecule has 1 atom stereocenters. The van der Waals surface area contributed by atoms with Gasteiger partial charge in [-0.05, 0) is 25.5 Å². The number of aromatic nitrogens is 1. The summed E-state index contributed by atoms with van der Waals surface area (Å²) >= 11 is 0. The number of nitrogens with two attached hydrogens (primary N) is 1. The molecule has 0 aliphatic carbocycles. The van der Waals surface area contributed by atoms with Gasteiger partial charge in [-0.15, -0.1) is 0 Å². The lowest BCUT2D eigenvalue weighted by molar-refractivity contribution is 0.0612. The third kappa shape index (κ3) is 3.30. The van der Waals surface area contributed by atoms with Gasteiger partial charge in [0.15, 0.2) is 5.84 Å². The number of oxime groups is 1. The zero-order valence-corrected chi connectivity index (χ0v) is 12.4. The van der Waals surface area contributed by atoms with Crippen LogP contribution in [0.2, 0.25) is 0 Å². The minimum atomic E-state index is -0.135. The average molecular weight is 291 g/mol. The largest absolute Gasteiger partial charge is 0.409 e. The van der Waals surface area contributed by atoms with Crippen molar-refractivity contribution in [3.63, 3.8) is 0 Å². The summed E-state index contributed by atoms with van der Waals surface area (Å²) in [6.45, 7) is 6.37. The number of rotatable bonds is 3. The van der Waals surface area contributed by atoms with Gasteiger partial charge < -0.3 is 15.8 Å². The fourth-order valence-corrected chi connectivity index (χ4v) is 2.44. The predicted octanol–water partition coefficient (Wildman–Crippen LogP) is 0.283. The highest BCUT2D eigenvalue weighted by molar-refractivity contribution is 5.93. The Morgan fingerprint density at radius 3 is 2.67 bits per heavy atom. The third-order valence-electron chi connectivity index (χ3n) is 3.90. The Balaban J connectivity index is 1.98. The summed E-state index contributed by atoms with van der Waals surface area (Å²) < 4.78 is 0. The van der Waals surface area contributed by atoms with Crippen molar-refractivity contribution in [1.29, 1.82) is 0 Å². The van der Waals surface area contributed by atoms with Crippen LogP contribution in [0.5, 0.6) is 0 Å². The average Bonchev–Trinajstić information content (AvgIpc) is 2.53. The van der Waals surface area contributed by atoms with Gasteiger partial charge in [-0.25, -0.2) is 0 Å². The maximum atomic E-state index is 12.4. The number of carbonyl (C=O) groups is 1. The normalized spacial score (nSPS) is 18.6. The molecule has 1 amide bonds. The Bertz CT molecular complexity index is 538. The summed E-state index contributed by atoms with van der Waals surface area (Å²) in [5.41, 5.74) is 7.01. The van der Waals surface area contributed by atoms with E-state index in [-0.39, 0.29) is 17.8 Å². The standard InChI is InChI=1S/C14H21N5O2/c1-10-4-3-5-16-12(10)14(20)19-8-6-18(7-9-19)11(2)13(15)17-21/h3-5,11,21H,6-9H2,1-2H3,(H2,15,17). The minimum Gasteiger partial charge on any atom is -0.409 e. The molecule has 1 fully saturated rings. The summed E-state index contributed by atoms with van der Waals surface area (Å²) in [6, 6.07) is 3.57. The lowest BCUT2D eigenvalue weighted by Gasteiger charge is -2.37. The van der Waals surface area contributed by atoms with Crippen molar-refractivity contribution >= 4 is 11.7 Å². The van der Waals surface area contributed by atoms with Crippen LogP contribution in [-0.4, -0.2) is 64.0 Å². The van der Waals surface area contributed by atoms with E-state index in [4.69, 9.17) is 10.9 Å². The molecule has 1 unspecified atom stereocenters. The highest BCUT2D eigenvalue weighted by atomic mass is 16.4. The van der Waals surface area contributed by atoms with Crippen LogP contribution in [0.4, 0.5) is 0 Å². The molecule has 2 rings (SSSR count). The van der Waals surface area contributed by atoms with Crippen LogP contribution in [-0.2, 0) is 0 Å². The van der Waals surface area contributed by atoms with Gasteiger partial charge in [0, 0.05) is 32.4 Å². The number of pyridine rings is 1. The van der Waals surface area contributed by atoms with Crippen LogP contribution in [0.1, 0.15) is 23.0 Å². The van der Waals surface area contributed by atoms with Crippen LogP contribution < -0.4 is 5.73 Å². The number of hydrogen-bond acceptors (Lipinski definition) is 5. The molecule has 114 valence electrons. The van der Waals surface area contributed by atoms with Gasteiger partial charge in [-0.1, -0.05) is 11.2 Å². The molecular formula is C14H21N5O2. The molecule has 1 aliphatic heterocycles. The van der Waals surface area contributed by atoms with Crippen molar-refractivity contribution in [3.05, 3.63) is 29.6 Å². The first-order valence-electron chi connectivity index (χ1n) is 6.97. The van der Waals surface area contributed by atoms with E-state index in [1.807, 2.05) is 26.0 Å². The van der Waals surface area contributed by atoms with Crippen LogP contribution in [0.25, 0.3) is 0 Å². The molecule has 0 aromatic carbocycles. The lowest BCUT2D eigenvalue weighted by atomic mass is 10.1. The van der Waals surface area contributed by atoms with Crippen LogP contribution in [0.15, 0.2) is 23.5 Å². The van der Waals surface area contributed by atoms with Gasteiger partial charge in [0.2, 0.25) is 0 Å². The monoisotopic (exact) mass is 291 g/mol. The van der Waals surface area contributed by atoms with Gasteiger partial charge in [0.25, 0.3) is 5.91 Å². The third-order valence-corrected chi connectivity index (χ3v) is 3.90. The van der Waals surface area contributed by atoms with Crippen LogP contribution in [0, 0.1) is 6.92 Å². The maximum absolute atomic E-state index is 12.4. The molecule has 3 N–H and O–H groups in total. The predicted molar refractivity (Wildman–Crippen MR) is 79.3 cm³/mol. The Morgan fingerprint density at radius 1 is 1.43 bits per heavy atom. The van der Waals surface area contributed by atoms with E-state index in [1.165, 1.54) is 0 Å². The minimum absolute atomic E-state index is 0.0378. The van der Waals surface area contributed by atoms with Gasteiger partial charge in [0.1, 0.15) is 5.69 Å². The number of hydrogen-bond donors (Lipinski definition) is 2. The molecule has 21 heavy (non-hydrogen) atoms. The Labute approximate surface area is 124 Å². The first-order chi connectivity index (χ1) is 10.0. The second-order valence-corrected chi connectivity index (χ2v) is 5.20. The number of amides is 1. The number of nitrogens with zero attached hydrogens (tertiary/aromatic N) is 4. The number of amidine groups is 1. The topological polar surface area (TPSA) is 95.1 Å². The van der Waals surface area contributed by atoms with Gasteiger partial charge in [-0.3, -0.25) is 14.7 Å². The molecule has 1 saturated heterocycles. The fraction of sp³-hybridized carbons (Fsp3) is 0.500.